The number of ether oxygens (including phenoxy) is 1. The molecule has 1 aliphatic rings. The molecule has 2 amide bonds. The van der Waals surface area contributed by atoms with Crippen LogP contribution in [0.25, 0.3) is 0 Å². The van der Waals surface area contributed by atoms with Crippen LogP contribution >= 0.6 is 0 Å². The van der Waals surface area contributed by atoms with Crippen LogP contribution in [0.1, 0.15) is 55.1 Å². The lowest BCUT2D eigenvalue weighted by Crippen LogP contribution is -2.30. The maximum absolute atomic E-state index is 12.9. The van der Waals surface area contributed by atoms with Crippen LogP contribution in [0.5, 0.6) is 5.75 Å². The molecule has 5 nitrogen and oxygen atoms in total. The van der Waals surface area contributed by atoms with E-state index >= 15 is 0 Å². The number of rotatable bonds is 7. The third kappa shape index (κ3) is 4.71. The number of nitrogens with zero attached hydrogens (tertiary/aromatic N) is 1. The molecule has 3 rings (SSSR count). The molecule has 1 saturated heterocycles. The van der Waals surface area contributed by atoms with Crippen LogP contribution in [0.15, 0.2) is 48.5 Å². The lowest BCUT2D eigenvalue weighted by atomic mass is 9.96. The summed E-state index contributed by atoms with van der Waals surface area (Å²) in [6, 6.07) is 15.0. The zero-order valence-corrected chi connectivity index (χ0v) is 16.8. The number of benzene rings is 2. The van der Waals surface area contributed by atoms with Gasteiger partial charge in [0.05, 0.1) is 13.2 Å². The Morgan fingerprint density at radius 1 is 1.18 bits per heavy atom. The Labute approximate surface area is 166 Å². The van der Waals surface area contributed by atoms with Crippen molar-refractivity contribution in [2.24, 2.45) is 5.92 Å². The maximum Gasteiger partial charge on any atom is 0.251 e. The zero-order chi connectivity index (χ0) is 20.1. The summed E-state index contributed by atoms with van der Waals surface area (Å²) in [5.41, 5.74) is 2.41. The lowest BCUT2D eigenvalue weighted by molar-refractivity contribution is -0.117. The van der Waals surface area contributed by atoms with Crippen LogP contribution in [0, 0.1) is 5.92 Å². The molecule has 1 fully saturated rings. The second-order valence-electron chi connectivity index (χ2n) is 7.63. The molecular weight excluding hydrogens is 352 g/mol. The molecule has 1 heterocycles. The van der Waals surface area contributed by atoms with Crippen LogP contribution < -0.4 is 15.0 Å². The fourth-order valence-corrected chi connectivity index (χ4v) is 3.56. The molecule has 0 bridgehead atoms. The fourth-order valence-electron chi connectivity index (χ4n) is 3.56. The highest BCUT2D eigenvalue weighted by Crippen LogP contribution is 2.26. The van der Waals surface area contributed by atoms with E-state index in [-0.39, 0.29) is 17.9 Å². The van der Waals surface area contributed by atoms with Crippen molar-refractivity contribution in [1.29, 1.82) is 0 Å². The SMILES string of the molecule is COc1ccc([C@@H](CC(C)C)NC(=O)c2cccc(N3CCCC3=O)c2)cc1. The molecule has 2 aromatic rings. The zero-order valence-electron chi connectivity index (χ0n) is 16.8. The van der Waals surface area contributed by atoms with E-state index in [1.54, 1.807) is 24.1 Å². The summed E-state index contributed by atoms with van der Waals surface area (Å²) in [6.07, 6.45) is 2.27. The number of nitrogens with one attached hydrogen (secondary N) is 1. The molecule has 0 saturated carbocycles. The Kier molecular flexibility index (Phi) is 6.34. The van der Waals surface area contributed by atoms with Gasteiger partial charge in [-0.15, -0.1) is 0 Å². The van der Waals surface area contributed by atoms with E-state index in [2.05, 4.69) is 19.2 Å². The average molecular weight is 380 g/mol. The van der Waals surface area contributed by atoms with Gasteiger partial charge in [-0.25, -0.2) is 0 Å². The largest absolute Gasteiger partial charge is 0.497 e. The highest BCUT2D eigenvalue weighted by Gasteiger charge is 2.23. The Balaban J connectivity index is 1.78. The topological polar surface area (TPSA) is 58.6 Å². The van der Waals surface area contributed by atoms with E-state index in [1.165, 1.54) is 0 Å². The van der Waals surface area contributed by atoms with Crippen molar-refractivity contribution in [3.05, 3.63) is 59.7 Å². The Hall–Kier alpha value is -2.82. The Bertz CT molecular complexity index is 830. The number of amides is 2. The van der Waals surface area contributed by atoms with Crippen LogP contribution in [0.2, 0.25) is 0 Å². The molecule has 0 spiro atoms. The number of methoxy groups -OCH3 is 1. The minimum absolute atomic E-state index is 0.0875. The maximum atomic E-state index is 12.9. The first-order valence-corrected chi connectivity index (χ1v) is 9.83. The van der Waals surface area contributed by atoms with Crippen molar-refractivity contribution in [2.45, 2.75) is 39.2 Å². The first kappa shape index (κ1) is 19.9. The summed E-state index contributed by atoms with van der Waals surface area (Å²) >= 11 is 0. The monoisotopic (exact) mass is 380 g/mol. The minimum atomic E-state index is -0.130. The molecule has 1 aliphatic heterocycles. The Morgan fingerprint density at radius 2 is 1.93 bits per heavy atom. The molecule has 0 aliphatic carbocycles. The van der Waals surface area contributed by atoms with Gasteiger partial charge < -0.3 is 15.0 Å². The van der Waals surface area contributed by atoms with Crippen molar-refractivity contribution >= 4 is 17.5 Å². The van der Waals surface area contributed by atoms with Crippen LogP contribution in [-0.4, -0.2) is 25.5 Å². The van der Waals surface area contributed by atoms with Gasteiger partial charge in [0.2, 0.25) is 5.91 Å². The lowest BCUT2D eigenvalue weighted by Gasteiger charge is -2.22. The quantitative estimate of drug-likeness (QED) is 0.777. The van der Waals surface area contributed by atoms with E-state index in [9.17, 15) is 9.59 Å². The van der Waals surface area contributed by atoms with Crippen molar-refractivity contribution in [3.63, 3.8) is 0 Å². The molecule has 5 heteroatoms. The van der Waals surface area contributed by atoms with Gasteiger partial charge >= 0.3 is 0 Å². The molecule has 2 aromatic carbocycles. The molecular formula is C23H28N2O3. The number of carbonyl (C=O) groups is 2. The molecule has 0 radical (unpaired) electrons. The normalized spacial score (nSPS) is 15.0. The second-order valence-corrected chi connectivity index (χ2v) is 7.63. The first-order valence-electron chi connectivity index (χ1n) is 9.83. The fraction of sp³-hybridized carbons (Fsp3) is 0.391. The van der Waals surface area contributed by atoms with Gasteiger partial charge in [-0.1, -0.05) is 32.0 Å². The summed E-state index contributed by atoms with van der Waals surface area (Å²) in [5, 5.41) is 3.16. The van der Waals surface area contributed by atoms with E-state index in [0.29, 0.717) is 24.4 Å². The highest BCUT2D eigenvalue weighted by atomic mass is 16.5. The third-order valence-electron chi connectivity index (χ3n) is 5.02. The van der Waals surface area contributed by atoms with Crippen LogP contribution in [0.3, 0.4) is 0 Å². The molecule has 0 unspecified atom stereocenters. The van der Waals surface area contributed by atoms with Gasteiger partial charge in [-0.2, -0.15) is 0 Å². The molecule has 1 atom stereocenters. The summed E-state index contributed by atoms with van der Waals surface area (Å²) in [4.78, 5) is 26.7. The van der Waals surface area contributed by atoms with Crippen LogP contribution in [0.4, 0.5) is 5.69 Å². The van der Waals surface area contributed by atoms with Gasteiger partial charge in [0.25, 0.3) is 5.91 Å². The minimum Gasteiger partial charge on any atom is -0.497 e. The molecule has 148 valence electrons. The van der Waals surface area contributed by atoms with Crippen LogP contribution in [-0.2, 0) is 4.79 Å². The van der Waals surface area contributed by atoms with Crippen molar-refractivity contribution < 1.29 is 14.3 Å². The summed E-state index contributed by atoms with van der Waals surface area (Å²) in [6.45, 7) is 5.00. The van der Waals surface area contributed by atoms with E-state index in [1.807, 2.05) is 36.4 Å². The number of hydrogen-bond acceptors (Lipinski definition) is 3. The molecule has 0 aromatic heterocycles. The highest BCUT2D eigenvalue weighted by molar-refractivity contribution is 5.99. The average Bonchev–Trinajstić information content (AvgIpc) is 3.13. The summed E-state index contributed by atoms with van der Waals surface area (Å²) in [5.74, 6) is 1.21. The third-order valence-corrected chi connectivity index (χ3v) is 5.02. The number of anilines is 1. The standard InChI is InChI=1S/C23H28N2O3/c1-16(2)14-21(17-9-11-20(28-3)12-10-17)24-23(27)18-6-4-7-19(15-18)25-13-5-8-22(25)26/h4,6-7,9-12,15-16,21H,5,8,13-14H2,1-3H3,(H,24,27)/t21-/m1/s1. The Morgan fingerprint density at radius 3 is 2.54 bits per heavy atom. The van der Waals surface area contributed by atoms with Crippen molar-refractivity contribution in [3.8, 4) is 5.75 Å². The van der Waals surface area contributed by atoms with Crippen molar-refractivity contribution in [1.82, 2.24) is 5.32 Å². The number of hydrogen-bond donors (Lipinski definition) is 1. The van der Waals surface area contributed by atoms with Gasteiger partial charge in [-0.3, -0.25) is 9.59 Å². The smallest absolute Gasteiger partial charge is 0.251 e. The van der Waals surface area contributed by atoms with Gasteiger partial charge in [0.15, 0.2) is 0 Å². The van der Waals surface area contributed by atoms with E-state index in [0.717, 1.165) is 29.8 Å². The van der Waals surface area contributed by atoms with Gasteiger partial charge in [-0.05, 0) is 54.7 Å². The summed E-state index contributed by atoms with van der Waals surface area (Å²) < 4.78 is 5.23. The van der Waals surface area contributed by atoms with Crippen molar-refractivity contribution in [2.75, 3.05) is 18.6 Å². The predicted octanol–water partition coefficient (Wildman–Crippen LogP) is 4.34. The van der Waals surface area contributed by atoms with Gasteiger partial charge in [0.1, 0.15) is 5.75 Å². The summed E-state index contributed by atoms with van der Waals surface area (Å²) in [7, 11) is 1.64. The number of carbonyl (C=O) groups excluding carboxylic acids is 2. The van der Waals surface area contributed by atoms with E-state index < -0.39 is 0 Å². The van der Waals surface area contributed by atoms with E-state index in [4.69, 9.17) is 4.74 Å². The molecule has 1 N–H and O–H groups in total. The first-order chi connectivity index (χ1) is 13.5. The molecule has 28 heavy (non-hydrogen) atoms. The second kappa shape index (κ2) is 8.91. The van der Waals surface area contributed by atoms with Gasteiger partial charge in [0, 0.05) is 24.2 Å². The predicted molar refractivity (Wildman–Crippen MR) is 111 cm³/mol.